The Balaban J connectivity index is 1.91. The van der Waals surface area contributed by atoms with Crippen LogP contribution in [-0.4, -0.2) is 25.0 Å². The van der Waals surface area contributed by atoms with Crippen molar-refractivity contribution in [2.24, 2.45) is 0 Å². The average Bonchev–Trinajstić information content (AvgIpc) is 3.05. The molecular weight excluding hydrogens is 284 g/mol. The van der Waals surface area contributed by atoms with Crippen molar-refractivity contribution in [2.75, 3.05) is 7.11 Å². The zero-order valence-electron chi connectivity index (χ0n) is 12.5. The fourth-order valence-corrected chi connectivity index (χ4v) is 1.91. The summed E-state index contributed by atoms with van der Waals surface area (Å²) in [6, 6.07) is 9.67. The number of furan rings is 1. The van der Waals surface area contributed by atoms with Gasteiger partial charge in [-0.3, -0.25) is 9.59 Å². The van der Waals surface area contributed by atoms with Gasteiger partial charge in [0.1, 0.15) is 17.6 Å². The Morgan fingerprint density at radius 2 is 2.00 bits per heavy atom. The van der Waals surface area contributed by atoms with Crippen LogP contribution in [0, 0.1) is 0 Å². The fourth-order valence-electron chi connectivity index (χ4n) is 1.91. The summed E-state index contributed by atoms with van der Waals surface area (Å²) in [7, 11) is 1.49. The Labute approximate surface area is 128 Å². The lowest BCUT2D eigenvalue weighted by molar-refractivity contribution is -0.122. The van der Waals surface area contributed by atoms with Crippen molar-refractivity contribution in [3.63, 3.8) is 0 Å². The van der Waals surface area contributed by atoms with Gasteiger partial charge in [0.25, 0.3) is 5.91 Å². The number of hydrogen-bond donors (Lipinski definition) is 2. The van der Waals surface area contributed by atoms with Crippen LogP contribution in [-0.2, 0) is 11.3 Å². The van der Waals surface area contributed by atoms with Crippen LogP contribution in [0.3, 0.4) is 0 Å². The van der Waals surface area contributed by atoms with Crippen LogP contribution in [0.5, 0.6) is 5.75 Å². The minimum atomic E-state index is -0.674. The number of ether oxygens (including phenoxy) is 1. The second-order valence-electron chi connectivity index (χ2n) is 4.69. The Kier molecular flexibility index (Phi) is 5.19. The third-order valence-electron chi connectivity index (χ3n) is 3.11. The van der Waals surface area contributed by atoms with Crippen molar-refractivity contribution >= 4 is 11.8 Å². The number of hydrogen-bond acceptors (Lipinski definition) is 4. The molecule has 116 valence electrons. The lowest BCUT2D eigenvalue weighted by Gasteiger charge is -2.15. The molecule has 0 bridgehead atoms. The monoisotopic (exact) mass is 302 g/mol. The zero-order valence-corrected chi connectivity index (χ0v) is 12.5. The summed E-state index contributed by atoms with van der Waals surface area (Å²) >= 11 is 0. The smallest absolute Gasteiger partial charge is 0.255 e. The molecule has 6 nitrogen and oxygen atoms in total. The molecule has 0 aliphatic heterocycles. The molecule has 0 aliphatic carbocycles. The number of carbonyl (C=O) groups excluding carboxylic acids is 2. The van der Waals surface area contributed by atoms with Crippen molar-refractivity contribution in [2.45, 2.75) is 19.5 Å². The molecule has 1 heterocycles. The highest BCUT2D eigenvalue weighted by molar-refractivity contribution is 5.99. The molecule has 0 radical (unpaired) electrons. The number of rotatable bonds is 6. The highest BCUT2D eigenvalue weighted by atomic mass is 16.5. The van der Waals surface area contributed by atoms with Gasteiger partial charge in [0.2, 0.25) is 5.91 Å². The maximum absolute atomic E-state index is 12.2. The quantitative estimate of drug-likeness (QED) is 0.851. The first kappa shape index (κ1) is 15.6. The van der Waals surface area contributed by atoms with Crippen LogP contribution in [0.25, 0.3) is 0 Å². The number of carbonyl (C=O) groups is 2. The summed E-state index contributed by atoms with van der Waals surface area (Å²) in [6.07, 6.45) is 1.54. The summed E-state index contributed by atoms with van der Waals surface area (Å²) in [5, 5.41) is 5.33. The Bertz CT molecular complexity index is 637. The summed E-state index contributed by atoms with van der Waals surface area (Å²) in [6.45, 7) is 1.89. The molecule has 2 amide bonds. The van der Waals surface area contributed by atoms with Crippen LogP contribution in [0.15, 0.2) is 47.1 Å². The molecule has 0 fully saturated rings. The van der Waals surface area contributed by atoms with Crippen LogP contribution in [0.4, 0.5) is 0 Å². The van der Waals surface area contributed by atoms with E-state index >= 15 is 0 Å². The van der Waals surface area contributed by atoms with Gasteiger partial charge in [-0.15, -0.1) is 0 Å². The van der Waals surface area contributed by atoms with Crippen LogP contribution >= 0.6 is 0 Å². The normalized spacial score (nSPS) is 11.5. The number of amides is 2. The molecule has 1 unspecified atom stereocenters. The molecule has 2 N–H and O–H groups in total. The van der Waals surface area contributed by atoms with Gasteiger partial charge in [-0.1, -0.05) is 12.1 Å². The first-order valence-electron chi connectivity index (χ1n) is 6.85. The summed E-state index contributed by atoms with van der Waals surface area (Å²) in [4.78, 5) is 24.1. The van der Waals surface area contributed by atoms with Crippen LogP contribution in [0.2, 0.25) is 0 Å². The molecule has 1 aromatic heterocycles. The third-order valence-corrected chi connectivity index (χ3v) is 3.11. The van der Waals surface area contributed by atoms with E-state index in [1.54, 1.807) is 43.3 Å². The van der Waals surface area contributed by atoms with E-state index in [4.69, 9.17) is 9.15 Å². The maximum atomic E-state index is 12.2. The molecule has 1 aromatic carbocycles. The predicted octanol–water partition coefficient (Wildman–Crippen LogP) is 1.72. The van der Waals surface area contributed by atoms with Gasteiger partial charge >= 0.3 is 0 Å². The molecule has 22 heavy (non-hydrogen) atoms. The van der Waals surface area contributed by atoms with Gasteiger partial charge in [-0.25, -0.2) is 0 Å². The van der Waals surface area contributed by atoms with Gasteiger partial charge in [0.15, 0.2) is 0 Å². The molecule has 0 saturated heterocycles. The largest absolute Gasteiger partial charge is 0.496 e. The molecule has 0 spiro atoms. The Hall–Kier alpha value is -2.76. The molecule has 2 rings (SSSR count). The topological polar surface area (TPSA) is 80.6 Å². The van der Waals surface area contributed by atoms with Gasteiger partial charge in [-0.2, -0.15) is 0 Å². The van der Waals surface area contributed by atoms with Gasteiger partial charge in [-0.05, 0) is 31.2 Å². The molecule has 0 aliphatic rings. The van der Waals surface area contributed by atoms with Crippen molar-refractivity contribution in [3.05, 3.63) is 54.0 Å². The summed E-state index contributed by atoms with van der Waals surface area (Å²) in [5.41, 5.74) is 0.385. The van der Waals surface area contributed by atoms with Crippen molar-refractivity contribution in [1.29, 1.82) is 0 Å². The molecule has 1 atom stereocenters. The highest BCUT2D eigenvalue weighted by Crippen LogP contribution is 2.16. The lowest BCUT2D eigenvalue weighted by Crippen LogP contribution is -2.44. The number of para-hydroxylation sites is 1. The SMILES string of the molecule is COc1ccccc1C(=O)NC(C)C(=O)NCc1ccco1. The van der Waals surface area contributed by atoms with Crippen molar-refractivity contribution < 1.29 is 18.7 Å². The molecule has 2 aromatic rings. The van der Waals surface area contributed by atoms with E-state index in [2.05, 4.69) is 10.6 Å². The number of benzene rings is 1. The minimum Gasteiger partial charge on any atom is -0.496 e. The third kappa shape index (κ3) is 3.88. The number of methoxy groups -OCH3 is 1. The standard InChI is InChI=1S/C16H18N2O4/c1-11(15(19)17-10-12-6-5-9-22-12)18-16(20)13-7-3-4-8-14(13)21-2/h3-9,11H,10H2,1-2H3,(H,17,19)(H,18,20). The van der Waals surface area contributed by atoms with Crippen LogP contribution in [0.1, 0.15) is 23.0 Å². The van der Waals surface area contributed by atoms with E-state index in [-0.39, 0.29) is 18.4 Å². The van der Waals surface area contributed by atoms with E-state index in [1.807, 2.05) is 0 Å². The minimum absolute atomic E-state index is 0.278. The summed E-state index contributed by atoms with van der Waals surface area (Å²) < 4.78 is 10.3. The summed E-state index contributed by atoms with van der Waals surface area (Å²) in [5.74, 6) is 0.456. The second kappa shape index (κ2) is 7.31. The second-order valence-corrected chi connectivity index (χ2v) is 4.69. The van der Waals surface area contributed by atoms with Crippen LogP contribution < -0.4 is 15.4 Å². The van der Waals surface area contributed by atoms with E-state index in [1.165, 1.54) is 13.4 Å². The highest BCUT2D eigenvalue weighted by Gasteiger charge is 2.18. The van der Waals surface area contributed by atoms with Gasteiger partial charge in [0.05, 0.1) is 25.5 Å². The van der Waals surface area contributed by atoms with Crippen molar-refractivity contribution in [1.82, 2.24) is 10.6 Å². The average molecular weight is 302 g/mol. The van der Waals surface area contributed by atoms with E-state index in [0.29, 0.717) is 17.1 Å². The van der Waals surface area contributed by atoms with Gasteiger partial charge < -0.3 is 19.8 Å². The van der Waals surface area contributed by atoms with E-state index in [9.17, 15) is 9.59 Å². The van der Waals surface area contributed by atoms with Gasteiger partial charge in [0, 0.05) is 0 Å². The van der Waals surface area contributed by atoms with Crippen molar-refractivity contribution in [3.8, 4) is 5.75 Å². The number of nitrogens with one attached hydrogen (secondary N) is 2. The Morgan fingerprint density at radius 3 is 2.68 bits per heavy atom. The first-order valence-corrected chi connectivity index (χ1v) is 6.85. The van der Waals surface area contributed by atoms with E-state index in [0.717, 1.165) is 0 Å². The fraction of sp³-hybridized carbons (Fsp3) is 0.250. The lowest BCUT2D eigenvalue weighted by atomic mass is 10.1. The first-order chi connectivity index (χ1) is 10.6. The Morgan fingerprint density at radius 1 is 1.23 bits per heavy atom. The van der Waals surface area contributed by atoms with E-state index < -0.39 is 6.04 Å². The molecular formula is C16H18N2O4. The zero-order chi connectivity index (χ0) is 15.9. The maximum Gasteiger partial charge on any atom is 0.255 e. The molecule has 6 heteroatoms. The predicted molar refractivity (Wildman–Crippen MR) is 80.5 cm³/mol. The molecule has 0 saturated carbocycles.